The number of esters is 1. The molecule has 0 heterocycles. The molecule has 0 atom stereocenters. The molecule has 20 heavy (non-hydrogen) atoms. The Hall–Kier alpha value is -2.04. The van der Waals surface area contributed by atoms with E-state index in [2.05, 4.69) is 0 Å². The average molecular weight is 277 g/mol. The first-order valence-electron chi connectivity index (χ1n) is 6.76. The zero-order valence-corrected chi connectivity index (χ0v) is 11.8. The first-order chi connectivity index (χ1) is 9.65. The fourth-order valence-corrected chi connectivity index (χ4v) is 2.02. The van der Waals surface area contributed by atoms with Crippen molar-refractivity contribution >= 4 is 11.9 Å². The molecule has 1 fully saturated rings. The first-order valence-corrected chi connectivity index (χ1v) is 6.76. The summed E-state index contributed by atoms with van der Waals surface area (Å²) in [5.74, 6) is 0.109. The van der Waals surface area contributed by atoms with Crippen LogP contribution in [0.4, 0.5) is 0 Å². The normalized spacial score (nSPS) is 13.7. The van der Waals surface area contributed by atoms with Crippen molar-refractivity contribution < 1.29 is 19.1 Å². The van der Waals surface area contributed by atoms with E-state index >= 15 is 0 Å². The quantitative estimate of drug-likeness (QED) is 0.745. The van der Waals surface area contributed by atoms with Crippen LogP contribution in [0.3, 0.4) is 0 Å². The summed E-state index contributed by atoms with van der Waals surface area (Å²) in [6, 6.07) is 7.11. The van der Waals surface area contributed by atoms with Crippen LogP contribution in [0.5, 0.6) is 5.75 Å². The van der Waals surface area contributed by atoms with Gasteiger partial charge in [-0.1, -0.05) is 6.07 Å². The minimum absolute atomic E-state index is 0.00848. The molecule has 0 aliphatic heterocycles. The van der Waals surface area contributed by atoms with Gasteiger partial charge >= 0.3 is 5.97 Å². The Labute approximate surface area is 118 Å². The van der Waals surface area contributed by atoms with Crippen molar-refractivity contribution in [1.82, 2.24) is 4.90 Å². The monoisotopic (exact) mass is 277 g/mol. The van der Waals surface area contributed by atoms with Gasteiger partial charge in [0.15, 0.2) is 0 Å². The predicted octanol–water partition coefficient (Wildman–Crippen LogP) is 1.86. The molecular weight excluding hydrogens is 258 g/mol. The van der Waals surface area contributed by atoms with Crippen LogP contribution in [-0.2, 0) is 9.53 Å². The molecule has 108 valence electrons. The van der Waals surface area contributed by atoms with E-state index in [0.717, 1.165) is 12.8 Å². The Kier molecular flexibility index (Phi) is 4.61. The third-order valence-corrected chi connectivity index (χ3v) is 3.17. The Morgan fingerprint density at radius 1 is 1.35 bits per heavy atom. The van der Waals surface area contributed by atoms with Gasteiger partial charge in [0, 0.05) is 11.6 Å². The van der Waals surface area contributed by atoms with E-state index in [9.17, 15) is 9.59 Å². The lowest BCUT2D eigenvalue weighted by atomic mass is 10.2. The molecule has 1 aromatic carbocycles. The van der Waals surface area contributed by atoms with Gasteiger partial charge in [-0.15, -0.1) is 0 Å². The number of nitrogens with zero attached hydrogens (tertiary/aromatic N) is 1. The maximum atomic E-state index is 12.5. The molecule has 1 aliphatic rings. The third-order valence-electron chi connectivity index (χ3n) is 3.17. The molecule has 0 unspecified atom stereocenters. The Balaban J connectivity index is 2.12. The van der Waals surface area contributed by atoms with Crippen molar-refractivity contribution in [3.05, 3.63) is 29.8 Å². The number of hydrogen-bond donors (Lipinski definition) is 0. The third kappa shape index (κ3) is 3.50. The number of amides is 1. The average Bonchev–Trinajstić information content (AvgIpc) is 3.29. The highest BCUT2D eigenvalue weighted by Gasteiger charge is 2.34. The summed E-state index contributed by atoms with van der Waals surface area (Å²) in [5.41, 5.74) is 0.528. The van der Waals surface area contributed by atoms with Crippen LogP contribution in [-0.4, -0.2) is 43.1 Å². The Morgan fingerprint density at radius 3 is 2.70 bits per heavy atom. The molecule has 5 heteroatoms. The lowest BCUT2D eigenvalue weighted by Crippen LogP contribution is -2.38. The fraction of sp³-hybridized carbons (Fsp3) is 0.467. The van der Waals surface area contributed by atoms with Crippen LogP contribution in [0.1, 0.15) is 30.1 Å². The van der Waals surface area contributed by atoms with E-state index in [-0.39, 0.29) is 24.5 Å². The summed E-state index contributed by atoms with van der Waals surface area (Å²) in [7, 11) is 1.56. The van der Waals surface area contributed by atoms with Crippen molar-refractivity contribution in [3.8, 4) is 5.75 Å². The Bertz CT molecular complexity index is 496. The van der Waals surface area contributed by atoms with Gasteiger partial charge < -0.3 is 14.4 Å². The first kappa shape index (κ1) is 14.4. The number of carbonyl (C=O) groups excluding carboxylic acids is 2. The number of hydrogen-bond acceptors (Lipinski definition) is 4. The second-order valence-electron chi connectivity index (χ2n) is 4.70. The molecule has 0 spiro atoms. The SMILES string of the molecule is CCOC(=O)CN(C(=O)c1cccc(OC)c1)C1CC1. The van der Waals surface area contributed by atoms with Crippen LogP contribution >= 0.6 is 0 Å². The van der Waals surface area contributed by atoms with E-state index in [1.54, 1.807) is 43.2 Å². The van der Waals surface area contributed by atoms with Gasteiger partial charge in [-0.25, -0.2) is 0 Å². The standard InChI is InChI=1S/C15H19NO4/c1-3-20-14(17)10-16(12-7-8-12)15(18)11-5-4-6-13(9-11)19-2/h4-6,9,12H,3,7-8,10H2,1-2H3. The molecule has 0 saturated heterocycles. The summed E-state index contributed by atoms with van der Waals surface area (Å²) in [5, 5.41) is 0. The highest BCUT2D eigenvalue weighted by molar-refractivity contribution is 5.96. The molecular formula is C15H19NO4. The van der Waals surface area contributed by atoms with Crippen molar-refractivity contribution in [2.24, 2.45) is 0 Å². The zero-order valence-electron chi connectivity index (χ0n) is 11.8. The van der Waals surface area contributed by atoms with Gasteiger partial charge in [-0.3, -0.25) is 9.59 Å². The molecule has 1 amide bonds. The van der Waals surface area contributed by atoms with Crippen LogP contribution in [0.15, 0.2) is 24.3 Å². The highest BCUT2D eigenvalue weighted by Crippen LogP contribution is 2.28. The van der Waals surface area contributed by atoms with E-state index in [4.69, 9.17) is 9.47 Å². The zero-order chi connectivity index (χ0) is 14.5. The van der Waals surface area contributed by atoms with E-state index in [1.807, 2.05) is 0 Å². The number of ether oxygens (including phenoxy) is 2. The maximum Gasteiger partial charge on any atom is 0.325 e. The topological polar surface area (TPSA) is 55.8 Å². The van der Waals surface area contributed by atoms with Crippen molar-refractivity contribution in [3.63, 3.8) is 0 Å². The maximum absolute atomic E-state index is 12.5. The van der Waals surface area contributed by atoms with E-state index in [1.165, 1.54) is 0 Å². The van der Waals surface area contributed by atoms with Gasteiger partial charge in [0.05, 0.1) is 13.7 Å². The van der Waals surface area contributed by atoms with Gasteiger partial charge in [-0.2, -0.15) is 0 Å². The molecule has 1 aromatic rings. The van der Waals surface area contributed by atoms with Crippen molar-refractivity contribution in [2.45, 2.75) is 25.8 Å². The van der Waals surface area contributed by atoms with Gasteiger partial charge in [-0.05, 0) is 38.0 Å². The van der Waals surface area contributed by atoms with Crippen LogP contribution < -0.4 is 4.74 Å². The van der Waals surface area contributed by atoms with Crippen LogP contribution in [0, 0.1) is 0 Å². The summed E-state index contributed by atoms with van der Waals surface area (Å²) in [6.07, 6.45) is 1.88. The Morgan fingerprint density at radius 2 is 2.10 bits per heavy atom. The minimum atomic E-state index is -0.365. The highest BCUT2D eigenvalue weighted by atomic mass is 16.5. The molecule has 1 aliphatic carbocycles. The van der Waals surface area contributed by atoms with Gasteiger partial charge in [0.1, 0.15) is 12.3 Å². The number of benzene rings is 1. The smallest absolute Gasteiger partial charge is 0.325 e. The van der Waals surface area contributed by atoms with E-state index in [0.29, 0.717) is 17.9 Å². The van der Waals surface area contributed by atoms with Crippen LogP contribution in [0.2, 0.25) is 0 Å². The lowest BCUT2D eigenvalue weighted by molar-refractivity contribution is -0.144. The molecule has 5 nitrogen and oxygen atoms in total. The van der Waals surface area contributed by atoms with Crippen LogP contribution in [0.25, 0.3) is 0 Å². The molecule has 2 rings (SSSR count). The van der Waals surface area contributed by atoms with Crippen molar-refractivity contribution in [2.75, 3.05) is 20.3 Å². The second-order valence-corrected chi connectivity index (χ2v) is 4.70. The largest absolute Gasteiger partial charge is 0.497 e. The predicted molar refractivity (Wildman–Crippen MR) is 73.7 cm³/mol. The number of carbonyl (C=O) groups is 2. The summed E-state index contributed by atoms with van der Waals surface area (Å²) >= 11 is 0. The molecule has 0 aromatic heterocycles. The van der Waals surface area contributed by atoms with Gasteiger partial charge in [0.2, 0.25) is 0 Å². The molecule has 0 N–H and O–H groups in total. The van der Waals surface area contributed by atoms with Crippen molar-refractivity contribution in [1.29, 1.82) is 0 Å². The van der Waals surface area contributed by atoms with Gasteiger partial charge in [0.25, 0.3) is 5.91 Å². The summed E-state index contributed by atoms with van der Waals surface area (Å²) in [4.78, 5) is 25.7. The van der Waals surface area contributed by atoms with E-state index < -0.39 is 0 Å². The fourth-order valence-electron chi connectivity index (χ4n) is 2.02. The second kappa shape index (κ2) is 6.41. The summed E-state index contributed by atoms with van der Waals surface area (Å²) in [6.45, 7) is 2.09. The molecule has 1 saturated carbocycles. The lowest BCUT2D eigenvalue weighted by Gasteiger charge is -2.21. The molecule has 0 bridgehead atoms. The number of methoxy groups -OCH3 is 1. The summed E-state index contributed by atoms with van der Waals surface area (Å²) < 4.78 is 10.0. The molecule has 0 radical (unpaired) electrons. The minimum Gasteiger partial charge on any atom is -0.497 e. The number of rotatable bonds is 6.